The molecule has 3 heterocycles. The van der Waals surface area contributed by atoms with Crippen LogP contribution in [0, 0.1) is 12.7 Å². The summed E-state index contributed by atoms with van der Waals surface area (Å²) in [5, 5.41) is 17.6. The number of para-hydroxylation sites is 1. The van der Waals surface area contributed by atoms with E-state index in [1.165, 1.54) is 31.9 Å². The molecule has 0 aliphatic heterocycles. The van der Waals surface area contributed by atoms with Crippen LogP contribution in [0.2, 0.25) is 0 Å². The third-order valence-corrected chi connectivity index (χ3v) is 8.26. The summed E-state index contributed by atoms with van der Waals surface area (Å²) in [4.78, 5) is 3.86. The number of rotatable bonds is 9. The summed E-state index contributed by atoms with van der Waals surface area (Å²) in [6.45, 7) is 3.04. The molecule has 10 nitrogen and oxygen atoms in total. The lowest BCUT2D eigenvalue weighted by Crippen LogP contribution is -2.29. The fourth-order valence-corrected chi connectivity index (χ4v) is 5.42. The second-order valence-corrected chi connectivity index (χ2v) is 11.4. The highest BCUT2D eigenvalue weighted by Crippen LogP contribution is 2.37. The first kappa shape index (κ1) is 26.8. The summed E-state index contributed by atoms with van der Waals surface area (Å²) < 4.78 is 59.9. The zero-order valence-electron chi connectivity index (χ0n) is 20.3. The van der Waals surface area contributed by atoms with Crippen LogP contribution in [0.1, 0.15) is 30.3 Å². The van der Waals surface area contributed by atoms with Crippen LogP contribution in [0.15, 0.2) is 51.5 Å². The summed E-state index contributed by atoms with van der Waals surface area (Å²) in [5.41, 5.74) is -0.0144. The van der Waals surface area contributed by atoms with E-state index in [4.69, 9.17) is 13.9 Å². The Balaban J connectivity index is 1.82. The number of aryl methyl sites for hydroxylation is 1. The third kappa shape index (κ3) is 5.24. The Morgan fingerprint density at radius 2 is 1.84 bits per heavy atom. The number of methoxy groups -OCH3 is 2. The van der Waals surface area contributed by atoms with Gasteiger partial charge in [-0.3, -0.25) is 9.55 Å². The van der Waals surface area contributed by atoms with E-state index in [9.17, 15) is 17.9 Å². The highest BCUT2D eigenvalue weighted by molar-refractivity contribution is 9.10. The standard InChI is InChI=1S/C24H24BrFN4O6S/c1-13-8-9-19(36-13)24-29-28-20(30(24)22-17(34-3)6-5-7-18(22)35-4)12-37(32,33)14(2)23(31)21-16(26)10-15(25)11-27-21/h5-11,14,23,31H,12H2,1-4H3/t14-,23+/m1/s1. The van der Waals surface area contributed by atoms with Crippen LogP contribution in [0.4, 0.5) is 4.39 Å². The molecule has 196 valence electrons. The molecule has 4 aromatic rings. The lowest BCUT2D eigenvalue weighted by atomic mass is 10.2. The molecule has 0 radical (unpaired) electrons. The lowest BCUT2D eigenvalue weighted by molar-refractivity contribution is 0.166. The molecular weight excluding hydrogens is 571 g/mol. The van der Waals surface area contributed by atoms with Gasteiger partial charge in [0, 0.05) is 10.7 Å². The number of aliphatic hydroxyl groups excluding tert-OH is 1. The highest BCUT2D eigenvalue weighted by atomic mass is 79.9. The number of nitrogens with zero attached hydrogens (tertiary/aromatic N) is 4. The summed E-state index contributed by atoms with van der Waals surface area (Å²) in [7, 11) is -1.19. The Morgan fingerprint density at radius 1 is 1.16 bits per heavy atom. The molecule has 4 rings (SSSR count). The van der Waals surface area contributed by atoms with E-state index < -0.39 is 32.8 Å². The van der Waals surface area contributed by atoms with Crippen molar-refractivity contribution >= 4 is 25.8 Å². The Morgan fingerprint density at radius 3 is 2.41 bits per heavy atom. The van der Waals surface area contributed by atoms with Crippen molar-refractivity contribution in [3.63, 3.8) is 0 Å². The van der Waals surface area contributed by atoms with Gasteiger partial charge in [0.2, 0.25) is 5.82 Å². The van der Waals surface area contributed by atoms with Gasteiger partial charge in [-0.15, -0.1) is 10.2 Å². The maximum absolute atomic E-state index is 14.4. The first-order valence-electron chi connectivity index (χ1n) is 11.0. The quantitative estimate of drug-likeness (QED) is 0.303. The van der Waals surface area contributed by atoms with Gasteiger partial charge in [0.05, 0.1) is 19.5 Å². The molecule has 0 unspecified atom stereocenters. The molecule has 0 saturated carbocycles. The summed E-state index contributed by atoms with van der Waals surface area (Å²) >= 11 is 3.09. The lowest BCUT2D eigenvalue weighted by Gasteiger charge is -2.20. The zero-order chi connectivity index (χ0) is 26.9. The molecule has 0 bridgehead atoms. The molecule has 1 N–H and O–H groups in total. The van der Waals surface area contributed by atoms with Gasteiger partial charge in [-0.2, -0.15) is 0 Å². The molecule has 0 aliphatic carbocycles. The molecule has 13 heteroatoms. The minimum absolute atomic E-state index is 0.00939. The second kappa shape index (κ2) is 10.6. The largest absolute Gasteiger partial charge is 0.494 e. The molecule has 2 atom stereocenters. The topological polar surface area (TPSA) is 130 Å². The summed E-state index contributed by atoms with van der Waals surface area (Å²) in [5.74, 6) is 0.457. The molecule has 0 aliphatic rings. The van der Waals surface area contributed by atoms with Crippen molar-refractivity contribution in [1.82, 2.24) is 19.7 Å². The van der Waals surface area contributed by atoms with Crippen molar-refractivity contribution in [3.05, 3.63) is 70.2 Å². The number of ether oxygens (including phenoxy) is 2. The van der Waals surface area contributed by atoms with Crippen molar-refractivity contribution in [2.75, 3.05) is 14.2 Å². The Hall–Kier alpha value is -3.29. The number of sulfone groups is 1. The molecule has 3 aromatic heterocycles. The third-order valence-electron chi connectivity index (χ3n) is 5.77. The number of hydrogen-bond acceptors (Lipinski definition) is 9. The summed E-state index contributed by atoms with van der Waals surface area (Å²) in [6.07, 6.45) is -0.439. The van der Waals surface area contributed by atoms with Crippen LogP contribution >= 0.6 is 15.9 Å². The second-order valence-electron chi connectivity index (χ2n) is 8.17. The van der Waals surface area contributed by atoms with Crippen LogP contribution in [0.3, 0.4) is 0 Å². The fraction of sp³-hybridized carbons (Fsp3) is 0.292. The Labute approximate surface area is 221 Å². The first-order chi connectivity index (χ1) is 17.6. The summed E-state index contributed by atoms with van der Waals surface area (Å²) in [6, 6.07) is 9.61. The average molecular weight is 595 g/mol. The number of pyridine rings is 1. The maximum atomic E-state index is 14.4. The number of benzene rings is 1. The predicted molar refractivity (Wildman–Crippen MR) is 136 cm³/mol. The van der Waals surface area contributed by atoms with Crippen molar-refractivity contribution in [3.8, 4) is 28.8 Å². The van der Waals surface area contributed by atoms with Gasteiger partial charge >= 0.3 is 0 Å². The van der Waals surface area contributed by atoms with E-state index in [-0.39, 0.29) is 17.3 Å². The molecule has 0 saturated heterocycles. The van der Waals surface area contributed by atoms with E-state index in [0.717, 1.165) is 6.07 Å². The minimum atomic E-state index is -4.12. The number of hydrogen-bond donors (Lipinski definition) is 1. The Bertz CT molecular complexity index is 1520. The fourth-order valence-electron chi connectivity index (χ4n) is 3.78. The Kier molecular flexibility index (Phi) is 7.67. The molecule has 0 amide bonds. The van der Waals surface area contributed by atoms with Crippen LogP contribution in [-0.2, 0) is 15.6 Å². The maximum Gasteiger partial charge on any atom is 0.204 e. The predicted octanol–water partition coefficient (Wildman–Crippen LogP) is 4.19. The van der Waals surface area contributed by atoms with Crippen LogP contribution in [-0.4, -0.2) is 52.7 Å². The molecule has 37 heavy (non-hydrogen) atoms. The normalized spacial score (nSPS) is 13.4. The number of halogens is 2. The number of furan rings is 1. The SMILES string of the molecule is COc1cccc(OC)c1-n1c(CS(=O)(=O)[C@H](C)[C@H](O)c2ncc(Br)cc2F)nnc1-c1ccc(C)o1. The van der Waals surface area contributed by atoms with Crippen molar-refractivity contribution in [2.45, 2.75) is 31.0 Å². The molecule has 1 aromatic carbocycles. The first-order valence-corrected chi connectivity index (χ1v) is 13.5. The van der Waals surface area contributed by atoms with Gasteiger partial charge in [-0.25, -0.2) is 12.8 Å². The van der Waals surface area contributed by atoms with Gasteiger partial charge < -0.3 is 19.0 Å². The van der Waals surface area contributed by atoms with E-state index in [1.807, 2.05) is 0 Å². The minimum Gasteiger partial charge on any atom is -0.494 e. The van der Waals surface area contributed by atoms with Crippen molar-refractivity contribution in [2.24, 2.45) is 0 Å². The van der Waals surface area contributed by atoms with Crippen molar-refractivity contribution in [1.29, 1.82) is 0 Å². The van der Waals surface area contributed by atoms with Crippen molar-refractivity contribution < 1.29 is 31.8 Å². The van der Waals surface area contributed by atoms with Gasteiger partial charge in [0.15, 0.2) is 21.4 Å². The van der Waals surface area contributed by atoms with E-state index in [1.54, 1.807) is 37.3 Å². The van der Waals surface area contributed by atoms with E-state index >= 15 is 0 Å². The number of aliphatic hydroxyl groups is 1. The monoisotopic (exact) mass is 594 g/mol. The molecule has 0 spiro atoms. The van der Waals surface area contributed by atoms with Gasteiger partial charge in [-0.05, 0) is 60.1 Å². The zero-order valence-corrected chi connectivity index (χ0v) is 22.7. The van der Waals surface area contributed by atoms with Crippen LogP contribution in [0.25, 0.3) is 17.3 Å². The van der Waals surface area contributed by atoms with Gasteiger partial charge in [-0.1, -0.05) is 6.07 Å². The smallest absolute Gasteiger partial charge is 0.204 e. The van der Waals surface area contributed by atoms with Gasteiger partial charge in [0.25, 0.3) is 0 Å². The van der Waals surface area contributed by atoms with Gasteiger partial charge in [0.1, 0.15) is 46.3 Å². The van der Waals surface area contributed by atoms with Crippen LogP contribution < -0.4 is 9.47 Å². The molecule has 0 fully saturated rings. The van der Waals surface area contributed by atoms with E-state index in [2.05, 4.69) is 31.1 Å². The number of aromatic nitrogens is 4. The van der Waals surface area contributed by atoms with E-state index in [0.29, 0.717) is 33.2 Å². The highest BCUT2D eigenvalue weighted by Gasteiger charge is 2.35. The average Bonchev–Trinajstić information content (AvgIpc) is 3.47. The molecular formula is C24H24BrFN4O6S. The van der Waals surface area contributed by atoms with Crippen LogP contribution in [0.5, 0.6) is 11.5 Å².